The van der Waals surface area contributed by atoms with Gasteiger partial charge in [-0.2, -0.15) is 0 Å². The van der Waals surface area contributed by atoms with Crippen LogP contribution >= 0.6 is 0 Å². The van der Waals surface area contributed by atoms with Crippen LogP contribution in [0.4, 0.5) is 0 Å². The van der Waals surface area contributed by atoms with Crippen LogP contribution in [0.1, 0.15) is 57.7 Å². The molecule has 3 rings (SSSR count). The van der Waals surface area contributed by atoms with Gasteiger partial charge in [0, 0.05) is 48.3 Å². The summed E-state index contributed by atoms with van der Waals surface area (Å²) in [7, 11) is 0. The Morgan fingerprint density at radius 1 is 0.689 bits per heavy atom. The number of H-pyrrole nitrogens is 2. The smallest absolute Gasteiger partial charge is 0.328 e. The van der Waals surface area contributed by atoms with Crippen molar-refractivity contribution in [2.24, 2.45) is 11.7 Å². The summed E-state index contributed by atoms with van der Waals surface area (Å²) in [6.45, 7) is 3.77. The van der Waals surface area contributed by atoms with Gasteiger partial charge in [-0.3, -0.25) is 38.4 Å². The minimum Gasteiger partial charge on any atom is -0.481 e. The van der Waals surface area contributed by atoms with Gasteiger partial charge in [0.25, 0.3) is 0 Å². The van der Waals surface area contributed by atoms with Gasteiger partial charge in [0.15, 0.2) is 0 Å². The number of aliphatic hydroxyl groups is 1. The average Bonchev–Trinajstić information content (AvgIpc) is 3.87. The van der Waals surface area contributed by atoms with E-state index in [9.17, 15) is 58.5 Å². The van der Waals surface area contributed by atoms with Gasteiger partial charge in [0.2, 0.25) is 35.4 Å². The summed E-state index contributed by atoms with van der Waals surface area (Å²) >= 11 is 0. The molecule has 0 aliphatic rings. The van der Waals surface area contributed by atoms with E-state index >= 15 is 0 Å². The summed E-state index contributed by atoms with van der Waals surface area (Å²) in [6, 6.07) is -3.42. The maximum absolute atomic E-state index is 14.1. The number of carboxylic acid groups (broad SMARTS) is 3. The SMILES string of the molecule is CC(C)C[C@H](NC(=O)[C@@H](N)CCC(=O)O)C(=O)N[C@@H](CC(=O)O)C(=O)N[C@@H](Cc1cnc[nH]1)C(=O)N[C@@H](Cc1c[nH]c2ccccc12)C(=O)N[C@@H](C)C(=O)N[C@@H](CO)C(=O)O. The third-order valence-corrected chi connectivity index (χ3v) is 9.25. The molecule has 2 heterocycles. The summed E-state index contributed by atoms with van der Waals surface area (Å²) in [6.07, 6.45) is 2.16. The molecular weight excluding hydrogens is 804 g/mol. The summed E-state index contributed by atoms with van der Waals surface area (Å²) in [4.78, 5) is 125. The number of aromatic amines is 2. The van der Waals surface area contributed by atoms with Crippen LogP contribution in [0.25, 0.3) is 10.9 Å². The standard InChI is InChI=1S/C38H52N10O13/c1-18(2)10-25(44-33(55)23(39)8-9-30(50)51)35(57)47-28(13-31(52)53)37(59)46-27(12-21-15-40-17-42-21)36(58)45-26(11-20-14-41-24-7-5-4-6-22(20)24)34(56)43-19(3)32(54)48-29(16-49)38(60)61/h4-7,14-15,17-19,23,25-29,41,49H,8-13,16,39H2,1-3H3,(H,40,42)(H,43,56)(H,44,55)(H,45,58)(H,46,59)(H,47,57)(H,48,54)(H,50,51)(H,52,53)(H,60,61)/t19-,23-,25-,26-,27-,28-,29-/m0/s1. The highest BCUT2D eigenvalue weighted by Crippen LogP contribution is 2.19. The molecule has 0 saturated carbocycles. The first kappa shape index (κ1) is 48.5. The Balaban J connectivity index is 1.90. The second-order valence-electron chi connectivity index (χ2n) is 14.7. The van der Waals surface area contributed by atoms with Crippen molar-refractivity contribution in [2.45, 2.75) is 102 Å². The van der Waals surface area contributed by atoms with E-state index in [-0.39, 0.29) is 31.6 Å². The molecule has 2 aromatic heterocycles. The number of nitrogens with two attached hydrogens (primary N) is 1. The van der Waals surface area contributed by atoms with E-state index in [0.717, 1.165) is 0 Å². The highest BCUT2D eigenvalue weighted by molar-refractivity contribution is 5.98. The number of hydrogen-bond donors (Lipinski definition) is 13. The molecule has 23 heteroatoms. The fourth-order valence-electron chi connectivity index (χ4n) is 6.01. The molecular formula is C38H52N10O13. The first-order chi connectivity index (χ1) is 28.8. The van der Waals surface area contributed by atoms with Gasteiger partial charge < -0.3 is 68.0 Å². The van der Waals surface area contributed by atoms with Crippen molar-refractivity contribution < 1.29 is 63.6 Å². The Morgan fingerprint density at radius 3 is 1.85 bits per heavy atom. The third kappa shape index (κ3) is 15.3. The molecule has 0 saturated heterocycles. The van der Waals surface area contributed by atoms with Crippen LogP contribution in [0.2, 0.25) is 0 Å². The number of para-hydroxylation sites is 1. The zero-order chi connectivity index (χ0) is 45.4. The van der Waals surface area contributed by atoms with Crippen LogP contribution in [-0.2, 0) is 56.0 Å². The maximum Gasteiger partial charge on any atom is 0.328 e. The summed E-state index contributed by atoms with van der Waals surface area (Å²) < 4.78 is 0. The number of aliphatic hydroxyl groups excluding tert-OH is 1. The molecule has 0 spiro atoms. The van der Waals surface area contributed by atoms with E-state index in [2.05, 4.69) is 46.9 Å². The van der Waals surface area contributed by atoms with Gasteiger partial charge in [-0.15, -0.1) is 0 Å². The first-order valence-corrected chi connectivity index (χ1v) is 19.2. The largest absolute Gasteiger partial charge is 0.481 e. The molecule has 3 aromatic rings. The number of carbonyl (C=O) groups is 9. The molecule has 332 valence electrons. The lowest BCUT2D eigenvalue weighted by atomic mass is 10.0. The summed E-state index contributed by atoms with van der Waals surface area (Å²) in [5, 5.41) is 52.2. The minimum atomic E-state index is -1.81. The number of rotatable bonds is 25. The number of nitrogens with zero attached hydrogens (tertiary/aromatic N) is 1. The molecule has 14 N–H and O–H groups in total. The molecule has 0 radical (unpaired) electrons. The number of amides is 6. The second-order valence-corrected chi connectivity index (χ2v) is 14.7. The Kier molecular flexibility index (Phi) is 18.3. The van der Waals surface area contributed by atoms with Crippen LogP contribution in [0.3, 0.4) is 0 Å². The normalized spacial score (nSPS) is 14.6. The van der Waals surface area contributed by atoms with Gasteiger partial charge in [-0.1, -0.05) is 32.0 Å². The van der Waals surface area contributed by atoms with Crippen molar-refractivity contribution in [3.63, 3.8) is 0 Å². The fraction of sp³-hybridized carbons (Fsp3) is 0.474. The van der Waals surface area contributed by atoms with Gasteiger partial charge in [-0.25, -0.2) is 9.78 Å². The minimum absolute atomic E-state index is 0.0111. The van der Waals surface area contributed by atoms with Crippen LogP contribution < -0.4 is 37.6 Å². The predicted octanol–water partition coefficient (Wildman–Crippen LogP) is -2.61. The lowest BCUT2D eigenvalue weighted by Crippen LogP contribution is -2.60. The Morgan fingerprint density at radius 2 is 1.26 bits per heavy atom. The molecule has 23 nitrogen and oxygen atoms in total. The van der Waals surface area contributed by atoms with E-state index in [1.165, 1.54) is 19.4 Å². The zero-order valence-electron chi connectivity index (χ0n) is 33.6. The van der Waals surface area contributed by atoms with Crippen molar-refractivity contribution in [1.82, 2.24) is 46.9 Å². The first-order valence-electron chi connectivity index (χ1n) is 19.2. The molecule has 1 aromatic carbocycles. The van der Waals surface area contributed by atoms with Gasteiger partial charge in [0.05, 0.1) is 25.4 Å². The number of carbonyl (C=O) groups excluding carboxylic acids is 6. The highest BCUT2D eigenvalue weighted by atomic mass is 16.4. The molecule has 7 atom stereocenters. The Labute approximate surface area is 348 Å². The van der Waals surface area contributed by atoms with Crippen molar-refractivity contribution in [1.29, 1.82) is 0 Å². The van der Waals surface area contributed by atoms with Crippen molar-refractivity contribution >= 4 is 64.3 Å². The molecule has 61 heavy (non-hydrogen) atoms. The topological polar surface area (TPSA) is 377 Å². The Hall–Kier alpha value is -6.88. The molecule has 0 aliphatic carbocycles. The van der Waals surface area contributed by atoms with Crippen LogP contribution in [0.15, 0.2) is 43.0 Å². The number of aliphatic carboxylic acids is 3. The number of imidazole rings is 1. The molecule has 0 aliphatic heterocycles. The lowest BCUT2D eigenvalue weighted by molar-refractivity contribution is -0.143. The molecule has 0 fully saturated rings. The van der Waals surface area contributed by atoms with Crippen LogP contribution in [0, 0.1) is 5.92 Å². The molecule has 6 amide bonds. The lowest BCUT2D eigenvalue weighted by Gasteiger charge is -2.27. The van der Waals surface area contributed by atoms with Crippen LogP contribution in [-0.4, -0.2) is 138 Å². The van der Waals surface area contributed by atoms with Gasteiger partial charge in [0.1, 0.15) is 36.3 Å². The van der Waals surface area contributed by atoms with E-state index in [4.69, 9.17) is 10.8 Å². The predicted molar refractivity (Wildman–Crippen MR) is 213 cm³/mol. The fourth-order valence-corrected chi connectivity index (χ4v) is 6.01. The number of aromatic nitrogens is 3. The zero-order valence-corrected chi connectivity index (χ0v) is 33.6. The van der Waals surface area contributed by atoms with Crippen LogP contribution in [0.5, 0.6) is 0 Å². The number of carboxylic acids is 3. The number of hydrogen-bond acceptors (Lipinski definition) is 12. The van der Waals surface area contributed by atoms with E-state index in [1.54, 1.807) is 44.3 Å². The number of fused-ring (bicyclic) bond motifs is 1. The highest BCUT2D eigenvalue weighted by Gasteiger charge is 2.34. The third-order valence-electron chi connectivity index (χ3n) is 9.25. The maximum atomic E-state index is 14.1. The summed E-state index contributed by atoms with van der Waals surface area (Å²) in [5.41, 5.74) is 7.39. The van der Waals surface area contributed by atoms with E-state index in [0.29, 0.717) is 22.2 Å². The quantitative estimate of drug-likeness (QED) is 0.0415. The molecule has 0 bridgehead atoms. The van der Waals surface area contributed by atoms with Gasteiger partial charge in [-0.05, 0) is 37.3 Å². The van der Waals surface area contributed by atoms with E-state index in [1.807, 2.05) is 0 Å². The van der Waals surface area contributed by atoms with Crippen molar-refractivity contribution in [3.8, 4) is 0 Å². The average molecular weight is 857 g/mol. The monoisotopic (exact) mass is 856 g/mol. The molecule has 0 unspecified atom stereocenters. The van der Waals surface area contributed by atoms with E-state index < -0.39 is 115 Å². The van der Waals surface area contributed by atoms with Gasteiger partial charge >= 0.3 is 17.9 Å². The Bertz CT molecular complexity index is 2040. The second kappa shape index (κ2) is 23.1. The number of nitrogens with one attached hydrogen (secondary N) is 8. The van der Waals surface area contributed by atoms with Crippen molar-refractivity contribution in [3.05, 3.63) is 54.2 Å². The van der Waals surface area contributed by atoms with Crippen molar-refractivity contribution in [2.75, 3.05) is 6.61 Å². The number of benzene rings is 1. The summed E-state index contributed by atoms with van der Waals surface area (Å²) in [5.74, 6) is -10.2.